The number of hydrogen-bond acceptors (Lipinski definition) is 6. The number of rotatable bonds is 5. The number of aliphatic hydroxyl groups is 1. The highest BCUT2D eigenvalue weighted by molar-refractivity contribution is 7.22. The standard InChI is InChI=1S/C14H23N5OS/c1-10-12-13(18(2)17-10)16-14(21-12)15-6-8-19-7-4-3-5-11(19)9-20/h11,20H,3-9H2,1-2H3,(H,15,16)/t11-/m1/s1. The van der Waals surface area contributed by atoms with Crippen molar-refractivity contribution in [2.24, 2.45) is 7.05 Å². The summed E-state index contributed by atoms with van der Waals surface area (Å²) in [5.41, 5.74) is 1.99. The molecule has 3 rings (SSSR count). The fourth-order valence-electron chi connectivity index (χ4n) is 3.03. The van der Waals surface area contributed by atoms with Crippen molar-refractivity contribution < 1.29 is 5.11 Å². The van der Waals surface area contributed by atoms with Crippen LogP contribution >= 0.6 is 11.3 Å². The first-order valence-electron chi connectivity index (χ1n) is 7.58. The number of aromatic nitrogens is 3. The smallest absolute Gasteiger partial charge is 0.185 e. The van der Waals surface area contributed by atoms with Gasteiger partial charge in [0.2, 0.25) is 0 Å². The molecule has 0 bridgehead atoms. The Bertz CT molecular complexity index is 573. The normalized spacial score (nSPS) is 20.2. The summed E-state index contributed by atoms with van der Waals surface area (Å²) >= 11 is 1.66. The minimum absolute atomic E-state index is 0.270. The van der Waals surface area contributed by atoms with Crippen LogP contribution in [-0.2, 0) is 7.05 Å². The first-order valence-corrected chi connectivity index (χ1v) is 8.39. The summed E-state index contributed by atoms with van der Waals surface area (Å²) in [6.07, 6.45) is 3.59. The maximum absolute atomic E-state index is 9.42. The predicted octanol–water partition coefficient (Wildman–Crippen LogP) is 1.60. The Morgan fingerprint density at radius 3 is 3.05 bits per heavy atom. The van der Waals surface area contributed by atoms with Crippen LogP contribution in [0.3, 0.4) is 0 Å². The van der Waals surface area contributed by atoms with Crippen LogP contribution in [0, 0.1) is 6.92 Å². The zero-order chi connectivity index (χ0) is 14.8. The van der Waals surface area contributed by atoms with Crippen LogP contribution in [0.2, 0.25) is 0 Å². The molecule has 0 aromatic carbocycles. The molecule has 0 spiro atoms. The fourth-order valence-corrected chi connectivity index (χ4v) is 3.99. The molecule has 1 fully saturated rings. The van der Waals surface area contributed by atoms with Crippen molar-refractivity contribution in [2.45, 2.75) is 32.2 Å². The molecular weight excluding hydrogens is 286 g/mol. The van der Waals surface area contributed by atoms with Crippen molar-refractivity contribution in [3.8, 4) is 0 Å². The van der Waals surface area contributed by atoms with Gasteiger partial charge >= 0.3 is 0 Å². The highest BCUT2D eigenvalue weighted by atomic mass is 32.1. The molecule has 1 atom stereocenters. The molecular formula is C14H23N5OS. The minimum Gasteiger partial charge on any atom is -0.395 e. The van der Waals surface area contributed by atoms with Crippen LogP contribution in [0.5, 0.6) is 0 Å². The van der Waals surface area contributed by atoms with Crippen LogP contribution in [0.1, 0.15) is 25.0 Å². The molecule has 2 aromatic heterocycles. The van der Waals surface area contributed by atoms with Gasteiger partial charge in [-0.3, -0.25) is 4.90 Å². The Kier molecular flexibility index (Phi) is 4.42. The molecule has 2 aromatic rings. The number of hydrogen-bond donors (Lipinski definition) is 2. The number of anilines is 1. The Hall–Kier alpha value is -1.18. The molecule has 0 saturated carbocycles. The summed E-state index contributed by atoms with van der Waals surface area (Å²) < 4.78 is 2.99. The largest absolute Gasteiger partial charge is 0.395 e. The Labute approximate surface area is 128 Å². The average molecular weight is 309 g/mol. The van der Waals surface area contributed by atoms with E-state index >= 15 is 0 Å². The quantitative estimate of drug-likeness (QED) is 0.878. The second-order valence-corrected chi connectivity index (χ2v) is 6.67. The molecule has 1 aliphatic heterocycles. The number of nitrogens with one attached hydrogen (secondary N) is 1. The van der Waals surface area contributed by atoms with E-state index in [-0.39, 0.29) is 6.61 Å². The van der Waals surface area contributed by atoms with E-state index in [0.29, 0.717) is 6.04 Å². The average Bonchev–Trinajstić information content (AvgIpc) is 3.02. The highest BCUT2D eigenvalue weighted by Crippen LogP contribution is 2.27. The van der Waals surface area contributed by atoms with Crippen LogP contribution in [-0.4, -0.2) is 57.1 Å². The molecule has 6 nitrogen and oxygen atoms in total. The minimum atomic E-state index is 0.270. The molecule has 0 amide bonds. The number of thiazole rings is 1. The van der Waals surface area contributed by atoms with Gasteiger partial charge in [-0.15, -0.1) is 0 Å². The van der Waals surface area contributed by atoms with Crippen molar-refractivity contribution in [3.63, 3.8) is 0 Å². The molecule has 21 heavy (non-hydrogen) atoms. The third-order valence-corrected chi connectivity index (χ3v) is 5.29. The van der Waals surface area contributed by atoms with Crippen molar-refractivity contribution in [3.05, 3.63) is 5.69 Å². The molecule has 0 aliphatic carbocycles. The van der Waals surface area contributed by atoms with Crippen LogP contribution in [0.4, 0.5) is 5.13 Å². The lowest BCUT2D eigenvalue weighted by Gasteiger charge is -2.34. The number of likely N-dealkylation sites (tertiary alicyclic amines) is 1. The van der Waals surface area contributed by atoms with Gasteiger partial charge in [-0.05, 0) is 26.3 Å². The molecule has 3 heterocycles. The van der Waals surface area contributed by atoms with Gasteiger partial charge in [-0.1, -0.05) is 17.8 Å². The molecule has 0 unspecified atom stereocenters. The maximum atomic E-state index is 9.42. The highest BCUT2D eigenvalue weighted by Gasteiger charge is 2.21. The fraction of sp³-hybridized carbons (Fsp3) is 0.714. The second-order valence-electron chi connectivity index (χ2n) is 5.68. The van der Waals surface area contributed by atoms with Gasteiger partial charge in [-0.25, -0.2) is 9.67 Å². The monoisotopic (exact) mass is 309 g/mol. The molecule has 0 radical (unpaired) electrons. The van der Waals surface area contributed by atoms with E-state index < -0.39 is 0 Å². The number of piperidine rings is 1. The first kappa shape index (κ1) is 14.7. The van der Waals surface area contributed by atoms with E-state index in [1.165, 1.54) is 12.8 Å². The summed E-state index contributed by atoms with van der Waals surface area (Å²) in [5, 5.41) is 18.2. The Balaban J connectivity index is 1.57. The lowest BCUT2D eigenvalue weighted by Crippen LogP contribution is -2.43. The van der Waals surface area contributed by atoms with Gasteiger partial charge < -0.3 is 10.4 Å². The van der Waals surface area contributed by atoms with Crippen molar-refractivity contribution in [1.29, 1.82) is 0 Å². The van der Waals surface area contributed by atoms with Gasteiger partial charge in [0.05, 0.1) is 17.0 Å². The number of nitrogens with zero attached hydrogens (tertiary/aromatic N) is 4. The summed E-state index contributed by atoms with van der Waals surface area (Å²) in [7, 11) is 1.93. The first-order chi connectivity index (χ1) is 10.2. The lowest BCUT2D eigenvalue weighted by atomic mass is 10.0. The molecule has 2 N–H and O–H groups in total. The van der Waals surface area contributed by atoms with Crippen LogP contribution < -0.4 is 5.32 Å². The Morgan fingerprint density at radius 2 is 2.29 bits per heavy atom. The Morgan fingerprint density at radius 1 is 1.43 bits per heavy atom. The second kappa shape index (κ2) is 6.29. The zero-order valence-corrected chi connectivity index (χ0v) is 13.5. The maximum Gasteiger partial charge on any atom is 0.185 e. The van der Waals surface area contributed by atoms with Gasteiger partial charge in [0, 0.05) is 26.2 Å². The van der Waals surface area contributed by atoms with E-state index in [2.05, 4.69) is 20.3 Å². The molecule has 7 heteroatoms. The summed E-state index contributed by atoms with van der Waals surface area (Å²) in [6, 6.07) is 0.336. The van der Waals surface area contributed by atoms with E-state index in [0.717, 1.165) is 47.2 Å². The van der Waals surface area contributed by atoms with E-state index in [4.69, 9.17) is 0 Å². The topological polar surface area (TPSA) is 66.2 Å². The van der Waals surface area contributed by atoms with E-state index in [9.17, 15) is 5.11 Å². The summed E-state index contributed by atoms with van der Waals surface area (Å²) in [5.74, 6) is 0. The number of fused-ring (bicyclic) bond motifs is 1. The summed E-state index contributed by atoms with van der Waals surface area (Å²) in [4.78, 5) is 6.98. The SMILES string of the molecule is Cc1nn(C)c2nc(NCCN3CCCC[C@@H]3CO)sc12. The zero-order valence-electron chi connectivity index (χ0n) is 12.7. The van der Waals surface area contributed by atoms with Gasteiger partial charge in [0.1, 0.15) is 0 Å². The molecule has 1 saturated heterocycles. The van der Waals surface area contributed by atoms with Crippen molar-refractivity contribution in [1.82, 2.24) is 19.7 Å². The molecule has 1 aliphatic rings. The predicted molar refractivity (Wildman–Crippen MR) is 85.9 cm³/mol. The van der Waals surface area contributed by atoms with Crippen LogP contribution in [0.25, 0.3) is 10.3 Å². The van der Waals surface area contributed by atoms with E-state index in [1.807, 2.05) is 18.7 Å². The van der Waals surface area contributed by atoms with E-state index in [1.54, 1.807) is 11.3 Å². The third kappa shape index (κ3) is 3.04. The van der Waals surface area contributed by atoms with Crippen LogP contribution in [0.15, 0.2) is 0 Å². The van der Waals surface area contributed by atoms with Crippen molar-refractivity contribution in [2.75, 3.05) is 31.6 Å². The third-order valence-electron chi connectivity index (χ3n) is 4.18. The van der Waals surface area contributed by atoms with Crippen molar-refractivity contribution >= 4 is 26.8 Å². The van der Waals surface area contributed by atoms with Gasteiger partial charge in [0.25, 0.3) is 0 Å². The van der Waals surface area contributed by atoms with Gasteiger partial charge in [-0.2, -0.15) is 5.10 Å². The summed E-state index contributed by atoms with van der Waals surface area (Å²) in [6.45, 7) is 5.20. The lowest BCUT2D eigenvalue weighted by molar-refractivity contribution is 0.0940. The number of aliphatic hydroxyl groups excluding tert-OH is 1. The van der Waals surface area contributed by atoms with Gasteiger partial charge in [0.15, 0.2) is 10.8 Å². The molecule has 116 valence electrons. The number of aryl methyl sites for hydroxylation is 2.